The summed E-state index contributed by atoms with van der Waals surface area (Å²) in [5, 5.41) is 4.29. The first kappa shape index (κ1) is 22.9. The van der Waals surface area contributed by atoms with E-state index in [1.165, 1.54) is 11.3 Å². The van der Waals surface area contributed by atoms with Crippen LogP contribution in [0.3, 0.4) is 0 Å². The highest BCUT2D eigenvalue weighted by atomic mass is 79.9. The van der Waals surface area contributed by atoms with Crippen molar-refractivity contribution in [2.75, 3.05) is 5.32 Å². The molecule has 0 aliphatic heterocycles. The molecule has 1 aliphatic carbocycles. The molecule has 0 atom stereocenters. The van der Waals surface area contributed by atoms with Crippen molar-refractivity contribution in [1.29, 1.82) is 0 Å². The van der Waals surface area contributed by atoms with Gasteiger partial charge in [-0.3, -0.25) is 14.9 Å². The lowest BCUT2D eigenvalue weighted by Gasteiger charge is -2.06. The minimum Gasteiger partial charge on any atom is -1.00 e. The average molecular weight is 527 g/mol. The first-order valence-corrected chi connectivity index (χ1v) is 10.8. The number of halogens is 3. The quantitative estimate of drug-likeness (QED) is 0.407. The molecular formula is C21H18BrCl2N3O2S. The summed E-state index contributed by atoms with van der Waals surface area (Å²) in [6.45, 7) is 0.0635. The van der Waals surface area contributed by atoms with Crippen molar-refractivity contribution in [2.45, 2.75) is 32.2 Å². The van der Waals surface area contributed by atoms with Crippen molar-refractivity contribution in [3.63, 3.8) is 0 Å². The number of thiazole rings is 1. The van der Waals surface area contributed by atoms with Crippen LogP contribution in [-0.4, -0.2) is 16.7 Å². The minimum absolute atomic E-state index is 0. The zero-order chi connectivity index (χ0) is 20.4. The normalized spacial score (nSPS) is 12.6. The van der Waals surface area contributed by atoms with E-state index in [1.807, 2.05) is 0 Å². The van der Waals surface area contributed by atoms with Crippen LogP contribution in [0.15, 0.2) is 42.7 Å². The molecule has 9 heteroatoms. The highest BCUT2D eigenvalue weighted by Crippen LogP contribution is 2.29. The molecule has 1 amide bonds. The third-order valence-corrected chi connectivity index (χ3v) is 6.36. The Morgan fingerprint density at radius 1 is 1.17 bits per heavy atom. The number of benzene rings is 1. The lowest BCUT2D eigenvalue weighted by molar-refractivity contribution is -0.683. The number of hydrogen-bond acceptors (Lipinski definition) is 4. The van der Waals surface area contributed by atoms with E-state index in [9.17, 15) is 9.59 Å². The summed E-state index contributed by atoms with van der Waals surface area (Å²) in [7, 11) is 0. The fraction of sp³-hybridized carbons (Fsp3) is 0.238. The molecule has 1 N–H and O–H groups in total. The Morgan fingerprint density at radius 3 is 2.73 bits per heavy atom. The van der Waals surface area contributed by atoms with Gasteiger partial charge in [0.2, 0.25) is 12.3 Å². The first-order chi connectivity index (χ1) is 14.0. The van der Waals surface area contributed by atoms with Crippen LogP contribution in [0.1, 0.15) is 44.1 Å². The summed E-state index contributed by atoms with van der Waals surface area (Å²) >= 11 is 13.6. The number of aromatic nitrogens is 2. The topological polar surface area (TPSA) is 62.9 Å². The van der Waals surface area contributed by atoms with Crippen LogP contribution in [0.2, 0.25) is 10.0 Å². The van der Waals surface area contributed by atoms with E-state index in [-0.39, 0.29) is 35.2 Å². The van der Waals surface area contributed by atoms with Gasteiger partial charge in [0.05, 0.1) is 10.7 Å². The maximum Gasteiger partial charge on any atom is 0.263 e. The molecule has 0 saturated heterocycles. The molecule has 3 aromatic rings. The summed E-state index contributed by atoms with van der Waals surface area (Å²) in [4.78, 5) is 31.0. The van der Waals surface area contributed by atoms with Crippen LogP contribution in [0.5, 0.6) is 0 Å². The number of Topliss-reactive ketones (excluding diaryl/α,β-unsaturated/α-hetero) is 1. The molecule has 30 heavy (non-hydrogen) atoms. The van der Waals surface area contributed by atoms with E-state index in [0.717, 1.165) is 25.0 Å². The third kappa shape index (κ3) is 5.27. The Bertz CT molecular complexity index is 1080. The number of amides is 1. The number of fused-ring (bicyclic) bond motifs is 1. The Labute approximate surface area is 198 Å². The van der Waals surface area contributed by atoms with Crippen molar-refractivity contribution in [2.24, 2.45) is 0 Å². The van der Waals surface area contributed by atoms with Gasteiger partial charge in [-0.1, -0.05) is 23.2 Å². The van der Waals surface area contributed by atoms with Crippen molar-refractivity contribution in [3.8, 4) is 0 Å². The van der Waals surface area contributed by atoms with E-state index in [0.29, 0.717) is 26.3 Å². The van der Waals surface area contributed by atoms with Crippen LogP contribution >= 0.6 is 34.5 Å². The second kappa shape index (κ2) is 10.0. The fourth-order valence-corrected chi connectivity index (χ4v) is 4.85. The maximum atomic E-state index is 12.6. The highest BCUT2D eigenvalue weighted by molar-refractivity contribution is 7.15. The number of carbonyl (C=O) groups is 2. The second-order valence-corrected chi connectivity index (χ2v) is 8.79. The summed E-state index contributed by atoms with van der Waals surface area (Å²) in [5.41, 5.74) is 1.95. The maximum absolute atomic E-state index is 12.6. The van der Waals surface area contributed by atoms with Gasteiger partial charge >= 0.3 is 0 Å². The number of anilines is 1. The SMILES string of the molecule is O=C(Nc1nc2c(s1)CCCC2)c1ccc[n+](CC(=O)c2ccc(Cl)cc2Cl)c1.[Br-]. The van der Waals surface area contributed by atoms with Gasteiger partial charge in [0, 0.05) is 21.5 Å². The predicted octanol–water partition coefficient (Wildman–Crippen LogP) is 1.76. The molecular weight excluding hydrogens is 509 g/mol. The molecule has 0 bridgehead atoms. The van der Waals surface area contributed by atoms with E-state index in [4.69, 9.17) is 23.2 Å². The zero-order valence-corrected chi connectivity index (χ0v) is 19.7. The van der Waals surface area contributed by atoms with Gasteiger partial charge in [-0.2, -0.15) is 4.57 Å². The van der Waals surface area contributed by atoms with Crippen LogP contribution in [0.4, 0.5) is 5.13 Å². The molecule has 0 spiro atoms. The largest absolute Gasteiger partial charge is 1.00 e. The van der Waals surface area contributed by atoms with Gasteiger partial charge in [-0.25, -0.2) is 4.98 Å². The monoisotopic (exact) mass is 525 g/mol. The molecule has 0 unspecified atom stereocenters. The summed E-state index contributed by atoms with van der Waals surface area (Å²) in [6.07, 6.45) is 7.71. The number of nitrogens with zero attached hydrogens (tertiary/aromatic N) is 2. The second-order valence-electron chi connectivity index (χ2n) is 6.86. The van der Waals surface area contributed by atoms with Gasteiger partial charge in [-0.15, -0.1) is 11.3 Å². The van der Waals surface area contributed by atoms with E-state index in [1.54, 1.807) is 58.6 Å². The molecule has 0 saturated carbocycles. The number of aryl methyl sites for hydroxylation is 2. The standard InChI is InChI=1S/C21H17Cl2N3O2S.BrH/c22-14-7-8-15(16(23)10-14)18(27)12-26-9-3-4-13(11-26)20(28)25-21-24-17-5-1-2-6-19(17)29-21;/h3-4,7-11H,1-2,5-6,12H2;1H. The Morgan fingerprint density at radius 2 is 1.97 bits per heavy atom. The van der Waals surface area contributed by atoms with Gasteiger partial charge in [0.25, 0.3) is 5.91 Å². The highest BCUT2D eigenvalue weighted by Gasteiger charge is 2.20. The summed E-state index contributed by atoms with van der Waals surface area (Å²) < 4.78 is 1.66. The molecule has 0 fully saturated rings. The molecule has 1 aromatic carbocycles. The molecule has 0 radical (unpaired) electrons. The van der Waals surface area contributed by atoms with Crippen molar-refractivity contribution in [3.05, 3.63) is 74.5 Å². The number of ketones is 1. The predicted molar refractivity (Wildman–Crippen MR) is 114 cm³/mol. The number of pyridine rings is 1. The van der Waals surface area contributed by atoms with Crippen molar-refractivity contribution < 1.29 is 31.1 Å². The van der Waals surface area contributed by atoms with Crippen LogP contribution in [0.25, 0.3) is 0 Å². The van der Waals surface area contributed by atoms with Gasteiger partial charge in [-0.05, 0) is 49.9 Å². The molecule has 5 nitrogen and oxygen atoms in total. The third-order valence-electron chi connectivity index (χ3n) is 4.74. The van der Waals surface area contributed by atoms with Crippen LogP contribution < -0.4 is 26.9 Å². The minimum atomic E-state index is -0.248. The first-order valence-electron chi connectivity index (χ1n) is 9.27. The van der Waals surface area contributed by atoms with Crippen LogP contribution in [-0.2, 0) is 19.4 Å². The van der Waals surface area contributed by atoms with E-state index < -0.39 is 0 Å². The molecule has 2 aromatic heterocycles. The number of hydrogen-bond donors (Lipinski definition) is 1. The Kier molecular flexibility index (Phi) is 7.63. The molecule has 4 rings (SSSR count). The van der Waals surface area contributed by atoms with Crippen LogP contribution in [0, 0.1) is 0 Å². The zero-order valence-electron chi connectivity index (χ0n) is 15.8. The molecule has 2 heterocycles. The van der Waals surface area contributed by atoms with Gasteiger partial charge < -0.3 is 17.0 Å². The number of rotatable bonds is 5. The lowest BCUT2D eigenvalue weighted by Crippen LogP contribution is -3.00. The summed E-state index contributed by atoms with van der Waals surface area (Å²) in [6, 6.07) is 8.22. The van der Waals surface area contributed by atoms with Crippen molar-refractivity contribution in [1.82, 2.24) is 4.98 Å². The van der Waals surface area contributed by atoms with Gasteiger partial charge in [0.15, 0.2) is 17.5 Å². The Balaban J connectivity index is 0.00000256. The molecule has 1 aliphatic rings. The van der Waals surface area contributed by atoms with Crippen molar-refractivity contribution >= 4 is 51.4 Å². The number of nitrogens with one attached hydrogen (secondary N) is 1. The molecule has 156 valence electrons. The number of carbonyl (C=O) groups excluding carboxylic acids is 2. The fourth-order valence-electron chi connectivity index (χ4n) is 3.30. The van der Waals surface area contributed by atoms with Gasteiger partial charge in [0.1, 0.15) is 5.56 Å². The Hall–Kier alpha value is -1.80. The smallest absolute Gasteiger partial charge is 0.263 e. The average Bonchev–Trinajstić information content (AvgIpc) is 3.10. The van der Waals surface area contributed by atoms with E-state index in [2.05, 4.69) is 10.3 Å². The lowest BCUT2D eigenvalue weighted by atomic mass is 10.0. The van der Waals surface area contributed by atoms with E-state index >= 15 is 0 Å². The summed E-state index contributed by atoms with van der Waals surface area (Å²) in [5.74, 6) is -0.413.